The topological polar surface area (TPSA) is 44.7 Å². The molecule has 0 bridgehead atoms. The zero-order chi connectivity index (χ0) is 18.4. The van der Waals surface area contributed by atoms with Crippen molar-refractivity contribution in [1.29, 1.82) is 0 Å². The van der Waals surface area contributed by atoms with Crippen LogP contribution in [0, 0.1) is 0 Å². The Balaban J connectivity index is 1.88. The fourth-order valence-electron chi connectivity index (χ4n) is 3.29. The van der Waals surface area contributed by atoms with Gasteiger partial charge in [0.05, 0.1) is 0 Å². The fourth-order valence-corrected chi connectivity index (χ4v) is 3.29. The second-order valence-corrected chi connectivity index (χ2v) is 6.42. The molecule has 0 radical (unpaired) electrons. The van der Waals surface area contributed by atoms with E-state index in [1.165, 1.54) is 0 Å². The molecule has 1 fully saturated rings. The molecule has 1 aliphatic rings. The van der Waals surface area contributed by atoms with E-state index >= 15 is 0 Å². The fraction of sp³-hybridized carbons (Fsp3) is 0.400. The maximum absolute atomic E-state index is 14.7. The highest BCUT2D eigenvalue weighted by Gasteiger charge is 2.45. The number of alkyl halides is 2. The second-order valence-electron chi connectivity index (χ2n) is 6.42. The summed E-state index contributed by atoms with van der Waals surface area (Å²) in [5, 5.41) is 12.5. The van der Waals surface area contributed by atoms with Gasteiger partial charge in [-0.1, -0.05) is 48.5 Å². The van der Waals surface area contributed by atoms with Gasteiger partial charge in [-0.05, 0) is 11.6 Å². The highest BCUT2D eigenvalue weighted by atomic mass is 19.3. The molecule has 0 amide bonds. The third-order valence-electron chi connectivity index (χ3n) is 4.58. The van der Waals surface area contributed by atoms with Gasteiger partial charge in [0.2, 0.25) is 0 Å². The molecule has 0 aromatic heterocycles. The summed E-state index contributed by atoms with van der Waals surface area (Å²) in [5.41, 5.74) is 1.37. The van der Waals surface area contributed by atoms with E-state index in [1.54, 1.807) is 29.2 Å². The van der Waals surface area contributed by atoms with Crippen molar-refractivity contribution in [1.82, 2.24) is 10.2 Å². The van der Waals surface area contributed by atoms with Gasteiger partial charge < -0.3 is 15.2 Å². The SMILES string of the molecule is OCC(F)(F)[C@@H](c1ccccc1OCc1ccccc1)N1CCNCC1. The molecule has 0 unspecified atom stereocenters. The second kappa shape index (κ2) is 8.58. The molecule has 4 nitrogen and oxygen atoms in total. The van der Waals surface area contributed by atoms with E-state index in [0.717, 1.165) is 5.56 Å². The summed E-state index contributed by atoms with van der Waals surface area (Å²) < 4.78 is 35.2. The van der Waals surface area contributed by atoms with Crippen molar-refractivity contribution in [3.05, 3.63) is 65.7 Å². The number of aliphatic hydroxyl groups is 1. The lowest BCUT2D eigenvalue weighted by atomic mass is 9.97. The smallest absolute Gasteiger partial charge is 0.290 e. The van der Waals surface area contributed by atoms with E-state index < -0.39 is 18.6 Å². The lowest BCUT2D eigenvalue weighted by Crippen LogP contribution is -2.51. The van der Waals surface area contributed by atoms with Crippen LogP contribution in [0.2, 0.25) is 0 Å². The van der Waals surface area contributed by atoms with Crippen LogP contribution in [-0.2, 0) is 6.61 Å². The van der Waals surface area contributed by atoms with Crippen LogP contribution in [-0.4, -0.2) is 48.7 Å². The Labute approximate surface area is 152 Å². The van der Waals surface area contributed by atoms with Crippen LogP contribution < -0.4 is 10.1 Å². The number of ether oxygens (including phenoxy) is 1. The third kappa shape index (κ3) is 4.38. The van der Waals surface area contributed by atoms with Gasteiger partial charge in [-0.25, -0.2) is 8.78 Å². The molecule has 2 aromatic carbocycles. The molecule has 2 aromatic rings. The van der Waals surface area contributed by atoms with E-state index in [-0.39, 0.29) is 0 Å². The van der Waals surface area contributed by atoms with Gasteiger partial charge in [0.25, 0.3) is 5.92 Å². The third-order valence-corrected chi connectivity index (χ3v) is 4.58. The Morgan fingerprint density at radius 2 is 1.69 bits per heavy atom. The zero-order valence-corrected chi connectivity index (χ0v) is 14.6. The normalized spacial score (nSPS) is 17.0. The number of hydrogen-bond acceptors (Lipinski definition) is 4. The van der Waals surface area contributed by atoms with Crippen LogP contribution in [0.25, 0.3) is 0 Å². The summed E-state index contributed by atoms with van der Waals surface area (Å²) in [4.78, 5) is 1.72. The molecular formula is C20H24F2N2O2. The molecule has 1 atom stereocenters. The number of nitrogens with zero attached hydrogens (tertiary/aromatic N) is 1. The summed E-state index contributed by atoms with van der Waals surface area (Å²) in [6, 6.07) is 15.3. The molecule has 1 saturated heterocycles. The Bertz CT molecular complexity index is 691. The van der Waals surface area contributed by atoms with E-state index in [9.17, 15) is 13.9 Å². The molecule has 6 heteroatoms. The lowest BCUT2D eigenvalue weighted by Gasteiger charge is -2.39. The van der Waals surface area contributed by atoms with Crippen molar-refractivity contribution in [2.75, 3.05) is 32.8 Å². The highest BCUT2D eigenvalue weighted by molar-refractivity contribution is 5.37. The van der Waals surface area contributed by atoms with Gasteiger partial charge >= 0.3 is 0 Å². The standard InChI is InChI=1S/C20H24F2N2O2/c21-20(22,15-25)19(24-12-10-23-11-13-24)17-8-4-5-9-18(17)26-14-16-6-2-1-3-7-16/h1-9,19,23,25H,10-15H2/t19-/m1/s1. The Kier molecular flexibility index (Phi) is 6.19. The van der Waals surface area contributed by atoms with Crippen molar-refractivity contribution >= 4 is 0 Å². The number of hydrogen-bond donors (Lipinski definition) is 2. The van der Waals surface area contributed by atoms with Gasteiger partial charge in [0, 0.05) is 31.7 Å². The van der Waals surface area contributed by atoms with Crippen LogP contribution in [0.15, 0.2) is 54.6 Å². The molecular weight excluding hydrogens is 338 g/mol. The van der Waals surface area contributed by atoms with Crippen LogP contribution >= 0.6 is 0 Å². The first-order chi connectivity index (χ1) is 12.6. The zero-order valence-electron chi connectivity index (χ0n) is 14.6. The van der Waals surface area contributed by atoms with E-state index in [0.29, 0.717) is 44.1 Å². The maximum Gasteiger partial charge on any atom is 0.290 e. The Hall–Kier alpha value is -2.02. The average Bonchev–Trinajstić information content (AvgIpc) is 2.69. The first-order valence-corrected chi connectivity index (χ1v) is 8.81. The first-order valence-electron chi connectivity index (χ1n) is 8.81. The number of benzene rings is 2. The van der Waals surface area contributed by atoms with Gasteiger partial charge in [-0.15, -0.1) is 0 Å². The monoisotopic (exact) mass is 362 g/mol. The first kappa shape index (κ1) is 18.8. The van der Waals surface area contributed by atoms with Crippen LogP contribution in [0.5, 0.6) is 5.75 Å². The minimum atomic E-state index is -3.26. The maximum atomic E-state index is 14.7. The van der Waals surface area contributed by atoms with Gasteiger partial charge in [0.15, 0.2) is 0 Å². The van der Waals surface area contributed by atoms with Crippen molar-refractivity contribution < 1.29 is 18.6 Å². The minimum Gasteiger partial charge on any atom is -0.489 e. The van der Waals surface area contributed by atoms with Crippen molar-refractivity contribution in [3.8, 4) is 5.75 Å². The number of aliphatic hydroxyl groups excluding tert-OH is 1. The summed E-state index contributed by atoms with van der Waals surface area (Å²) in [6.45, 7) is 1.38. The predicted octanol–water partition coefficient (Wildman–Crippen LogP) is 2.84. The van der Waals surface area contributed by atoms with E-state index in [2.05, 4.69) is 5.32 Å². The van der Waals surface area contributed by atoms with Crippen molar-refractivity contribution in [2.24, 2.45) is 0 Å². The lowest BCUT2D eigenvalue weighted by molar-refractivity contribution is -0.119. The van der Waals surface area contributed by atoms with Gasteiger partial charge in [-0.3, -0.25) is 4.90 Å². The van der Waals surface area contributed by atoms with E-state index in [1.807, 2.05) is 30.3 Å². The average molecular weight is 362 g/mol. The molecule has 0 aliphatic carbocycles. The van der Waals surface area contributed by atoms with Crippen molar-refractivity contribution in [2.45, 2.75) is 18.6 Å². The molecule has 1 aliphatic heterocycles. The van der Waals surface area contributed by atoms with Gasteiger partial charge in [-0.2, -0.15) is 0 Å². The molecule has 26 heavy (non-hydrogen) atoms. The Morgan fingerprint density at radius 3 is 2.38 bits per heavy atom. The van der Waals surface area contributed by atoms with Gasteiger partial charge in [0.1, 0.15) is 25.0 Å². The minimum absolute atomic E-state index is 0.302. The number of piperazine rings is 1. The van der Waals surface area contributed by atoms with Crippen molar-refractivity contribution in [3.63, 3.8) is 0 Å². The molecule has 2 N–H and O–H groups in total. The van der Waals surface area contributed by atoms with Crippen LogP contribution in [0.3, 0.4) is 0 Å². The van der Waals surface area contributed by atoms with E-state index in [4.69, 9.17) is 4.74 Å². The largest absolute Gasteiger partial charge is 0.489 e. The van der Waals surface area contributed by atoms with Crippen LogP contribution in [0.1, 0.15) is 17.2 Å². The number of para-hydroxylation sites is 1. The summed E-state index contributed by atoms with van der Waals surface area (Å²) in [7, 11) is 0. The number of halogens is 2. The molecule has 140 valence electrons. The molecule has 3 rings (SSSR count). The summed E-state index contributed by atoms with van der Waals surface area (Å²) in [6.07, 6.45) is 0. The quantitative estimate of drug-likeness (QED) is 0.795. The number of rotatable bonds is 7. The highest BCUT2D eigenvalue weighted by Crippen LogP contribution is 2.40. The molecule has 0 saturated carbocycles. The Morgan fingerprint density at radius 1 is 1.04 bits per heavy atom. The summed E-state index contributed by atoms with van der Waals surface area (Å²) in [5.74, 6) is -2.84. The number of nitrogens with one attached hydrogen (secondary N) is 1. The molecule has 1 heterocycles. The molecule has 0 spiro atoms. The predicted molar refractivity (Wildman–Crippen MR) is 96.4 cm³/mol. The summed E-state index contributed by atoms with van der Waals surface area (Å²) >= 11 is 0. The van der Waals surface area contributed by atoms with Crippen LogP contribution in [0.4, 0.5) is 8.78 Å².